The van der Waals surface area contributed by atoms with Gasteiger partial charge in [0.15, 0.2) is 10.8 Å². The lowest BCUT2D eigenvalue weighted by molar-refractivity contribution is -0.121. The van der Waals surface area contributed by atoms with Gasteiger partial charge in [-0.15, -0.1) is 11.3 Å². The molecule has 4 heterocycles. The molecule has 3 aromatic heterocycles. The van der Waals surface area contributed by atoms with Crippen LogP contribution in [-0.2, 0) is 11.3 Å². The second-order valence-electron chi connectivity index (χ2n) is 6.86. The number of amides is 1. The van der Waals surface area contributed by atoms with Crippen LogP contribution < -0.4 is 10.9 Å². The fourth-order valence-corrected chi connectivity index (χ4v) is 5.34. The minimum atomic E-state index is -0.225. The Labute approximate surface area is 184 Å². The van der Waals surface area contributed by atoms with Gasteiger partial charge in [-0.1, -0.05) is 29.4 Å². The zero-order valence-corrected chi connectivity index (χ0v) is 18.0. The van der Waals surface area contributed by atoms with Crippen molar-refractivity contribution in [3.05, 3.63) is 68.2 Å². The van der Waals surface area contributed by atoms with Gasteiger partial charge in [0.2, 0.25) is 5.91 Å². The van der Waals surface area contributed by atoms with Crippen molar-refractivity contribution in [3.8, 4) is 5.69 Å². The van der Waals surface area contributed by atoms with E-state index < -0.39 is 0 Å². The molecule has 7 nitrogen and oxygen atoms in total. The van der Waals surface area contributed by atoms with Crippen molar-refractivity contribution >= 4 is 51.6 Å². The Morgan fingerprint density at radius 2 is 2.10 bits per heavy atom. The van der Waals surface area contributed by atoms with Crippen LogP contribution in [0.2, 0.25) is 5.02 Å². The third kappa shape index (κ3) is 3.53. The predicted molar refractivity (Wildman–Crippen MR) is 119 cm³/mol. The number of benzene rings is 1. The van der Waals surface area contributed by atoms with Crippen molar-refractivity contribution in [1.29, 1.82) is 0 Å². The first kappa shape index (κ1) is 19.3. The Kier molecular flexibility index (Phi) is 5.10. The summed E-state index contributed by atoms with van der Waals surface area (Å²) >= 11 is 9.05. The number of nitrogens with zero attached hydrogens (tertiary/aromatic N) is 4. The van der Waals surface area contributed by atoms with Gasteiger partial charge in [0.25, 0.3) is 5.56 Å². The highest BCUT2D eigenvalue weighted by atomic mass is 35.5. The van der Waals surface area contributed by atoms with Crippen molar-refractivity contribution < 1.29 is 4.79 Å². The van der Waals surface area contributed by atoms with Crippen LogP contribution in [0.3, 0.4) is 0 Å². The lowest BCUT2D eigenvalue weighted by Gasteiger charge is -2.13. The average molecular weight is 458 g/mol. The number of hydrogen-bond acceptors (Lipinski definition) is 6. The number of halogens is 1. The maximum atomic E-state index is 13.2. The summed E-state index contributed by atoms with van der Waals surface area (Å²) in [5, 5.41) is 10.9. The molecule has 0 spiro atoms. The van der Waals surface area contributed by atoms with E-state index in [9.17, 15) is 9.59 Å². The molecule has 1 unspecified atom stereocenters. The van der Waals surface area contributed by atoms with Gasteiger partial charge >= 0.3 is 0 Å². The number of nitrogens with one attached hydrogen (secondary N) is 1. The second kappa shape index (κ2) is 7.90. The summed E-state index contributed by atoms with van der Waals surface area (Å²) in [5.74, 6) is 0.557. The molecule has 0 radical (unpaired) electrons. The van der Waals surface area contributed by atoms with Crippen LogP contribution in [0.4, 0.5) is 0 Å². The van der Waals surface area contributed by atoms with Crippen LogP contribution in [0.15, 0.2) is 57.9 Å². The number of carbonyl (C=O) groups is 1. The minimum absolute atomic E-state index is 0.0780. The number of thiophene rings is 1. The molecule has 1 N–H and O–H groups in total. The molecular formula is C20H16ClN5O2S2. The highest BCUT2D eigenvalue weighted by molar-refractivity contribution is 7.99. The molecular weight excluding hydrogens is 442 g/mol. The highest BCUT2D eigenvalue weighted by Crippen LogP contribution is 2.33. The normalized spacial score (nSPS) is 15.4. The topological polar surface area (TPSA) is 81.8 Å². The summed E-state index contributed by atoms with van der Waals surface area (Å²) in [6, 6.07) is 10.9. The van der Waals surface area contributed by atoms with Crippen molar-refractivity contribution in [2.24, 2.45) is 0 Å². The van der Waals surface area contributed by atoms with Gasteiger partial charge in [0, 0.05) is 22.1 Å². The first-order chi connectivity index (χ1) is 14.6. The molecule has 4 aromatic rings. The molecule has 10 heteroatoms. The Morgan fingerprint density at radius 1 is 1.27 bits per heavy atom. The smallest absolute Gasteiger partial charge is 0.265 e. The van der Waals surface area contributed by atoms with E-state index in [0.717, 1.165) is 10.6 Å². The Hall–Kier alpha value is -2.62. The van der Waals surface area contributed by atoms with Gasteiger partial charge < -0.3 is 5.32 Å². The first-order valence-electron chi connectivity index (χ1n) is 9.28. The SMILES string of the molecule is O=C(CC1CSc2nc3c(cnn3-c3ccc(Cl)cc3)c(=O)n21)NCc1cccs1. The van der Waals surface area contributed by atoms with Gasteiger partial charge in [-0.05, 0) is 35.7 Å². The number of carbonyl (C=O) groups excluding carboxylic acids is 1. The second-order valence-corrected chi connectivity index (χ2v) is 9.32. The van der Waals surface area contributed by atoms with Crippen molar-refractivity contribution in [2.75, 3.05) is 5.75 Å². The molecule has 152 valence electrons. The largest absolute Gasteiger partial charge is 0.351 e. The zero-order valence-electron chi connectivity index (χ0n) is 15.6. The molecule has 0 saturated heterocycles. The summed E-state index contributed by atoms with van der Waals surface area (Å²) in [6.45, 7) is 0.503. The summed E-state index contributed by atoms with van der Waals surface area (Å²) in [5.41, 5.74) is 1.11. The molecule has 0 bridgehead atoms. The van der Waals surface area contributed by atoms with Crippen molar-refractivity contribution in [3.63, 3.8) is 0 Å². The Balaban J connectivity index is 1.42. The van der Waals surface area contributed by atoms with Crippen LogP contribution >= 0.6 is 34.7 Å². The molecule has 1 aliphatic heterocycles. The van der Waals surface area contributed by atoms with Gasteiger partial charge in [0.05, 0.1) is 24.5 Å². The molecule has 1 aromatic carbocycles. The number of rotatable bonds is 5. The maximum Gasteiger partial charge on any atom is 0.265 e. The quantitative estimate of drug-likeness (QED) is 0.462. The monoisotopic (exact) mass is 457 g/mol. The molecule has 5 rings (SSSR count). The van der Waals surface area contributed by atoms with Crippen LogP contribution in [0.25, 0.3) is 16.7 Å². The molecule has 1 aliphatic rings. The summed E-state index contributed by atoms with van der Waals surface area (Å²) < 4.78 is 3.27. The lowest BCUT2D eigenvalue weighted by Crippen LogP contribution is -2.30. The Morgan fingerprint density at radius 3 is 2.87 bits per heavy atom. The Bertz CT molecular complexity index is 1280. The van der Waals surface area contributed by atoms with E-state index >= 15 is 0 Å². The number of aromatic nitrogens is 4. The minimum Gasteiger partial charge on any atom is -0.351 e. The molecule has 1 amide bonds. The maximum absolute atomic E-state index is 13.2. The summed E-state index contributed by atoms with van der Waals surface area (Å²) in [6.07, 6.45) is 1.77. The predicted octanol–water partition coefficient (Wildman–Crippen LogP) is 3.65. The number of hydrogen-bond donors (Lipinski definition) is 1. The van der Waals surface area contributed by atoms with Gasteiger partial charge in [-0.2, -0.15) is 5.10 Å². The number of fused-ring (bicyclic) bond motifs is 2. The van der Waals surface area contributed by atoms with Gasteiger partial charge in [-0.25, -0.2) is 9.67 Å². The van der Waals surface area contributed by atoms with E-state index in [0.29, 0.717) is 33.5 Å². The van der Waals surface area contributed by atoms with E-state index in [-0.39, 0.29) is 23.9 Å². The zero-order chi connectivity index (χ0) is 20.7. The summed E-state index contributed by atoms with van der Waals surface area (Å²) in [7, 11) is 0. The molecule has 0 saturated carbocycles. The van der Waals surface area contributed by atoms with Crippen LogP contribution in [0.1, 0.15) is 17.3 Å². The van der Waals surface area contributed by atoms with E-state index in [1.165, 1.54) is 18.0 Å². The standard InChI is InChI=1S/C20H16ClN5O2S2/c21-12-3-5-13(6-4-12)26-18-16(10-23-26)19(28)25-14(11-30-20(25)24-18)8-17(27)22-9-15-2-1-7-29-15/h1-7,10,14H,8-9,11H2,(H,22,27). The molecule has 0 fully saturated rings. The van der Waals surface area contributed by atoms with Gasteiger partial charge in [0.1, 0.15) is 5.39 Å². The molecule has 0 aliphatic carbocycles. The fraction of sp³-hybridized carbons (Fsp3) is 0.200. The summed E-state index contributed by atoms with van der Waals surface area (Å²) in [4.78, 5) is 31.4. The van der Waals surface area contributed by atoms with E-state index in [2.05, 4.69) is 15.4 Å². The van der Waals surface area contributed by atoms with Crippen LogP contribution in [0, 0.1) is 0 Å². The average Bonchev–Trinajstić information content (AvgIpc) is 3.48. The fourth-order valence-electron chi connectivity index (χ4n) is 3.44. The molecule has 1 atom stereocenters. The van der Waals surface area contributed by atoms with Crippen molar-refractivity contribution in [2.45, 2.75) is 24.2 Å². The third-order valence-corrected chi connectivity index (χ3v) is 7.13. The van der Waals surface area contributed by atoms with Crippen LogP contribution in [0.5, 0.6) is 0 Å². The van der Waals surface area contributed by atoms with E-state index in [1.54, 1.807) is 32.7 Å². The van der Waals surface area contributed by atoms with E-state index in [4.69, 9.17) is 11.6 Å². The van der Waals surface area contributed by atoms with Crippen molar-refractivity contribution in [1.82, 2.24) is 24.6 Å². The van der Waals surface area contributed by atoms with Gasteiger partial charge in [-0.3, -0.25) is 14.2 Å². The number of thioether (sulfide) groups is 1. The van der Waals surface area contributed by atoms with Crippen LogP contribution in [-0.4, -0.2) is 31.0 Å². The third-order valence-electron chi connectivity index (χ3n) is 4.90. The highest BCUT2D eigenvalue weighted by Gasteiger charge is 2.29. The molecule has 30 heavy (non-hydrogen) atoms. The first-order valence-corrected chi connectivity index (χ1v) is 11.5. The lowest BCUT2D eigenvalue weighted by atomic mass is 10.2. The van der Waals surface area contributed by atoms with E-state index in [1.807, 2.05) is 29.6 Å².